The highest BCUT2D eigenvalue weighted by molar-refractivity contribution is 6.09. The van der Waals surface area contributed by atoms with Gasteiger partial charge in [0, 0.05) is 18.3 Å². The lowest BCUT2D eigenvalue weighted by Crippen LogP contribution is -2.31. The predicted octanol–water partition coefficient (Wildman–Crippen LogP) is 4.29. The van der Waals surface area contributed by atoms with E-state index in [1.165, 1.54) is 24.1 Å². The Hall–Kier alpha value is -3.09. The number of nitro groups is 1. The number of methoxy groups -OCH3 is 1. The molecule has 0 N–H and O–H groups in total. The molecule has 0 aliphatic carbocycles. The summed E-state index contributed by atoms with van der Waals surface area (Å²) in [7, 11) is 1.40. The number of amides is 1. The van der Waals surface area contributed by atoms with E-state index in [1.54, 1.807) is 6.92 Å². The number of aryl methyl sites for hydroxylation is 2. The zero-order valence-electron chi connectivity index (χ0n) is 16.2. The van der Waals surface area contributed by atoms with Gasteiger partial charge in [0.1, 0.15) is 5.56 Å². The van der Waals surface area contributed by atoms with Crippen LogP contribution in [0, 0.1) is 24.0 Å². The van der Waals surface area contributed by atoms with Gasteiger partial charge in [0.25, 0.3) is 11.6 Å². The van der Waals surface area contributed by atoms with Crippen LogP contribution in [-0.4, -0.2) is 31.1 Å². The van der Waals surface area contributed by atoms with Gasteiger partial charge >= 0.3 is 0 Å². The maximum absolute atomic E-state index is 13.2. The highest BCUT2D eigenvalue weighted by atomic mass is 16.6. The molecule has 0 bridgehead atoms. The first-order valence-corrected chi connectivity index (χ1v) is 8.72. The van der Waals surface area contributed by atoms with Crippen LogP contribution in [0.15, 0.2) is 30.3 Å². The van der Waals surface area contributed by atoms with E-state index >= 15 is 0 Å². The van der Waals surface area contributed by atoms with E-state index in [9.17, 15) is 14.9 Å². The van der Waals surface area contributed by atoms with Gasteiger partial charge in [-0.1, -0.05) is 17.7 Å². The van der Waals surface area contributed by atoms with E-state index in [2.05, 4.69) is 0 Å². The Balaban J connectivity index is 2.60. The molecule has 7 nitrogen and oxygen atoms in total. The van der Waals surface area contributed by atoms with E-state index < -0.39 is 10.8 Å². The van der Waals surface area contributed by atoms with Crippen LogP contribution >= 0.6 is 0 Å². The zero-order chi connectivity index (χ0) is 20.1. The molecule has 2 aromatic carbocycles. The minimum Gasteiger partial charge on any atom is -0.493 e. The zero-order valence-corrected chi connectivity index (χ0v) is 16.2. The summed E-state index contributed by atoms with van der Waals surface area (Å²) in [6, 6.07) is 8.35. The SMILES string of the molecule is CCOc1cc(C(=O)N(CC)c2ccc(C)cc2C)c([N+](=O)[O-])cc1OC. The molecular formula is C20H24N2O5. The number of hydrogen-bond donors (Lipinski definition) is 0. The molecule has 1 amide bonds. The molecule has 0 saturated heterocycles. The van der Waals surface area contributed by atoms with Crippen molar-refractivity contribution in [2.75, 3.05) is 25.2 Å². The highest BCUT2D eigenvalue weighted by Crippen LogP contribution is 2.36. The van der Waals surface area contributed by atoms with Crippen molar-refractivity contribution in [3.63, 3.8) is 0 Å². The van der Waals surface area contributed by atoms with E-state index in [-0.39, 0.29) is 17.0 Å². The Kier molecular flexibility index (Phi) is 6.39. The summed E-state index contributed by atoms with van der Waals surface area (Å²) in [5.41, 5.74) is 2.37. The molecule has 7 heteroatoms. The van der Waals surface area contributed by atoms with Crippen LogP contribution in [-0.2, 0) is 0 Å². The van der Waals surface area contributed by atoms with E-state index in [0.717, 1.165) is 16.8 Å². The number of hydrogen-bond acceptors (Lipinski definition) is 5. The van der Waals surface area contributed by atoms with Gasteiger partial charge in [-0.15, -0.1) is 0 Å². The monoisotopic (exact) mass is 372 g/mol. The average molecular weight is 372 g/mol. The summed E-state index contributed by atoms with van der Waals surface area (Å²) in [5, 5.41) is 11.6. The number of carbonyl (C=O) groups is 1. The van der Waals surface area contributed by atoms with E-state index in [1.807, 2.05) is 39.0 Å². The minimum atomic E-state index is -0.582. The maximum atomic E-state index is 13.2. The Bertz CT molecular complexity index is 864. The second-order valence-electron chi connectivity index (χ2n) is 6.05. The summed E-state index contributed by atoms with van der Waals surface area (Å²) >= 11 is 0. The molecule has 0 saturated carbocycles. The number of nitro benzene ring substituents is 1. The molecule has 27 heavy (non-hydrogen) atoms. The van der Waals surface area contributed by atoms with Crippen molar-refractivity contribution >= 4 is 17.3 Å². The van der Waals surface area contributed by atoms with Crippen LogP contribution in [0.5, 0.6) is 11.5 Å². The summed E-state index contributed by atoms with van der Waals surface area (Å²) in [4.78, 5) is 25.7. The smallest absolute Gasteiger partial charge is 0.286 e. The molecule has 0 aromatic heterocycles. The van der Waals surface area contributed by atoms with Gasteiger partial charge < -0.3 is 14.4 Å². The first-order chi connectivity index (χ1) is 12.8. The molecule has 0 spiro atoms. The van der Waals surface area contributed by atoms with Gasteiger partial charge in [-0.05, 0) is 39.3 Å². The van der Waals surface area contributed by atoms with Crippen LogP contribution < -0.4 is 14.4 Å². The Morgan fingerprint density at radius 3 is 2.37 bits per heavy atom. The first kappa shape index (κ1) is 20.2. The minimum absolute atomic E-state index is 0.0360. The van der Waals surface area contributed by atoms with Crippen molar-refractivity contribution in [1.82, 2.24) is 0 Å². The molecule has 144 valence electrons. The average Bonchev–Trinajstić information content (AvgIpc) is 2.63. The largest absolute Gasteiger partial charge is 0.493 e. The third kappa shape index (κ3) is 4.19. The molecular weight excluding hydrogens is 348 g/mol. The molecule has 0 fully saturated rings. The number of anilines is 1. The van der Waals surface area contributed by atoms with Gasteiger partial charge in [-0.25, -0.2) is 0 Å². The van der Waals surface area contributed by atoms with Crippen LogP contribution in [0.3, 0.4) is 0 Å². The third-order valence-electron chi connectivity index (χ3n) is 4.21. The van der Waals surface area contributed by atoms with E-state index in [4.69, 9.17) is 9.47 Å². The lowest BCUT2D eigenvalue weighted by atomic mass is 10.1. The van der Waals surface area contributed by atoms with Crippen LogP contribution in [0.1, 0.15) is 35.3 Å². The van der Waals surface area contributed by atoms with Crippen molar-refractivity contribution < 1.29 is 19.2 Å². The van der Waals surface area contributed by atoms with Gasteiger partial charge in [0.2, 0.25) is 0 Å². The van der Waals surface area contributed by atoms with Crippen molar-refractivity contribution in [1.29, 1.82) is 0 Å². The summed E-state index contributed by atoms with van der Waals surface area (Å²) < 4.78 is 10.7. The fourth-order valence-corrected chi connectivity index (χ4v) is 2.98. The summed E-state index contributed by atoms with van der Waals surface area (Å²) in [5.74, 6) is 0.0556. The topological polar surface area (TPSA) is 81.9 Å². The highest BCUT2D eigenvalue weighted by Gasteiger charge is 2.28. The van der Waals surface area contributed by atoms with E-state index in [0.29, 0.717) is 18.9 Å². The molecule has 0 aliphatic heterocycles. The molecule has 0 atom stereocenters. The molecule has 0 aliphatic rings. The van der Waals surface area contributed by atoms with Crippen LogP contribution in [0.4, 0.5) is 11.4 Å². The second-order valence-corrected chi connectivity index (χ2v) is 6.05. The Labute approximate surface area is 158 Å². The number of nitrogens with zero attached hydrogens (tertiary/aromatic N) is 2. The second kappa shape index (κ2) is 8.53. The maximum Gasteiger partial charge on any atom is 0.286 e. The predicted molar refractivity (Wildman–Crippen MR) is 104 cm³/mol. The number of benzene rings is 2. The molecule has 2 rings (SSSR count). The Morgan fingerprint density at radius 2 is 1.85 bits per heavy atom. The quantitative estimate of drug-likeness (QED) is 0.535. The normalized spacial score (nSPS) is 10.4. The van der Waals surface area contributed by atoms with Gasteiger partial charge in [-0.3, -0.25) is 14.9 Å². The van der Waals surface area contributed by atoms with Crippen LogP contribution in [0.25, 0.3) is 0 Å². The van der Waals surface area contributed by atoms with Crippen molar-refractivity contribution in [2.24, 2.45) is 0 Å². The van der Waals surface area contributed by atoms with Crippen molar-refractivity contribution in [3.05, 3.63) is 57.1 Å². The fourth-order valence-electron chi connectivity index (χ4n) is 2.98. The summed E-state index contributed by atoms with van der Waals surface area (Å²) in [6.07, 6.45) is 0. The fraction of sp³-hybridized carbons (Fsp3) is 0.350. The lowest BCUT2D eigenvalue weighted by Gasteiger charge is -2.23. The molecule has 2 aromatic rings. The number of rotatable bonds is 7. The van der Waals surface area contributed by atoms with Gasteiger partial charge in [0.05, 0.1) is 24.7 Å². The lowest BCUT2D eigenvalue weighted by molar-refractivity contribution is -0.385. The first-order valence-electron chi connectivity index (χ1n) is 8.72. The standard InChI is InChI=1S/C20H24N2O5/c1-6-21(16-9-8-13(3)10-14(16)4)20(23)15-11-19(27-7-2)18(26-5)12-17(15)22(24)25/h8-12H,6-7H2,1-5H3. The van der Waals surface area contributed by atoms with Crippen molar-refractivity contribution in [3.8, 4) is 11.5 Å². The Morgan fingerprint density at radius 1 is 1.15 bits per heavy atom. The molecule has 0 heterocycles. The van der Waals surface area contributed by atoms with Crippen LogP contribution in [0.2, 0.25) is 0 Å². The van der Waals surface area contributed by atoms with Gasteiger partial charge in [-0.2, -0.15) is 0 Å². The number of ether oxygens (including phenoxy) is 2. The molecule has 0 radical (unpaired) electrons. The van der Waals surface area contributed by atoms with Gasteiger partial charge in [0.15, 0.2) is 11.5 Å². The number of carbonyl (C=O) groups excluding carboxylic acids is 1. The summed E-state index contributed by atoms with van der Waals surface area (Å²) in [6.45, 7) is 8.21. The molecule has 0 unspecified atom stereocenters. The van der Waals surface area contributed by atoms with Crippen molar-refractivity contribution in [2.45, 2.75) is 27.7 Å². The third-order valence-corrected chi connectivity index (χ3v) is 4.21.